The molecule has 3 rings (SSSR count). The highest BCUT2D eigenvalue weighted by molar-refractivity contribution is 5.95. The Hall–Kier alpha value is -3.06. The Morgan fingerprint density at radius 3 is 1.73 bits per heavy atom. The first-order valence-corrected chi connectivity index (χ1v) is 12.8. The smallest absolute Gasteiger partial charge is 0.347 e. The molecule has 0 bridgehead atoms. The number of nitrogens with zero attached hydrogens (tertiary/aromatic N) is 1. The van der Waals surface area contributed by atoms with Crippen molar-refractivity contribution in [2.45, 2.75) is 90.3 Å². The molecule has 2 aromatic rings. The fourth-order valence-electron chi connectivity index (χ4n) is 4.62. The fraction of sp³-hybridized carbons (Fsp3) is 0.533. The quantitative estimate of drug-likeness (QED) is 0.499. The summed E-state index contributed by atoms with van der Waals surface area (Å²) in [6.07, 6.45) is 0.742. The number of carbonyl (C=O) groups excluding carboxylic acids is 1. The van der Waals surface area contributed by atoms with Crippen molar-refractivity contribution in [2.24, 2.45) is 0 Å². The van der Waals surface area contributed by atoms with Crippen molar-refractivity contribution in [3.8, 4) is 11.5 Å². The topological polar surface area (TPSA) is 107 Å². The van der Waals surface area contributed by atoms with Gasteiger partial charge in [0.25, 0.3) is 5.91 Å². The Morgan fingerprint density at radius 1 is 0.865 bits per heavy atom. The number of carbonyl (C=O) groups is 2. The van der Waals surface area contributed by atoms with Crippen LogP contribution >= 0.6 is 0 Å². The van der Waals surface area contributed by atoms with E-state index in [2.05, 4.69) is 0 Å². The van der Waals surface area contributed by atoms with E-state index in [9.17, 15) is 24.9 Å². The summed E-state index contributed by atoms with van der Waals surface area (Å²) in [5.41, 5.74) is -0.403. The van der Waals surface area contributed by atoms with Crippen molar-refractivity contribution in [1.29, 1.82) is 0 Å². The Bertz CT molecular complexity index is 1130. The fourth-order valence-corrected chi connectivity index (χ4v) is 4.62. The molecule has 0 aromatic heterocycles. The maximum atomic E-state index is 13.5. The van der Waals surface area contributed by atoms with Crippen molar-refractivity contribution in [3.05, 3.63) is 58.7 Å². The molecule has 7 nitrogen and oxygen atoms in total. The molecule has 0 atom stereocenters. The van der Waals surface area contributed by atoms with E-state index < -0.39 is 17.2 Å². The number of aliphatic hydroxyl groups is 1. The van der Waals surface area contributed by atoms with E-state index in [0.717, 1.165) is 11.1 Å². The average Bonchev–Trinajstić information content (AvgIpc) is 2.78. The molecule has 2 aromatic carbocycles. The summed E-state index contributed by atoms with van der Waals surface area (Å²) in [5.74, 6) is -0.532. The van der Waals surface area contributed by atoms with Gasteiger partial charge in [0.05, 0.1) is 5.60 Å². The zero-order chi connectivity index (χ0) is 28.0. The van der Waals surface area contributed by atoms with Crippen LogP contribution in [0.4, 0.5) is 0 Å². The molecule has 1 heterocycles. The Labute approximate surface area is 220 Å². The molecule has 7 heteroatoms. The van der Waals surface area contributed by atoms with E-state index in [1.807, 2.05) is 41.5 Å². The van der Waals surface area contributed by atoms with E-state index >= 15 is 0 Å². The molecule has 202 valence electrons. The molecule has 0 unspecified atom stereocenters. The van der Waals surface area contributed by atoms with Crippen LogP contribution in [0.2, 0.25) is 0 Å². The number of hydrogen-bond donors (Lipinski definition) is 3. The lowest BCUT2D eigenvalue weighted by molar-refractivity contribution is -0.152. The highest BCUT2D eigenvalue weighted by Gasteiger charge is 2.37. The minimum absolute atomic E-state index is 0.113. The average molecular weight is 512 g/mol. The highest BCUT2D eigenvalue weighted by atomic mass is 16.5. The predicted molar refractivity (Wildman–Crippen MR) is 143 cm³/mol. The SMILES string of the molecule is CC(C)(Oc1ccc(C2(O)CCN(C(=O)c3cc(C(C)(C)C)c(O)c(C(C)(C)C)c3)CC2)cc1)C(=O)O. The number of aromatic hydroxyl groups is 1. The first kappa shape index (κ1) is 28.5. The van der Waals surface area contributed by atoms with Gasteiger partial charge in [0.1, 0.15) is 11.5 Å². The Balaban J connectivity index is 1.79. The molecule has 0 saturated carbocycles. The van der Waals surface area contributed by atoms with Crippen molar-refractivity contribution in [3.63, 3.8) is 0 Å². The van der Waals surface area contributed by atoms with E-state index in [1.165, 1.54) is 13.8 Å². The molecular weight excluding hydrogens is 470 g/mol. The van der Waals surface area contributed by atoms with Crippen LogP contribution in [0.1, 0.15) is 95.3 Å². The van der Waals surface area contributed by atoms with Crippen LogP contribution in [-0.2, 0) is 21.2 Å². The van der Waals surface area contributed by atoms with Crippen LogP contribution in [0.25, 0.3) is 0 Å². The van der Waals surface area contributed by atoms with E-state index in [4.69, 9.17) is 4.74 Å². The summed E-state index contributed by atoms with van der Waals surface area (Å²) in [6, 6.07) is 10.4. The van der Waals surface area contributed by atoms with E-state index in [1.54, 1.807) is 41.3 Å². The summed E-state index contributed by atoms with van der Waals surface area (Å²) in [7, 11) is 0. The Morgan fingerprint density at radius 2 is 1.32 bits per heavy atom. The second kappa shape index (κ2) is 9.67. The number of amides is 1. The molecule has 1 aliphatic heterocycles. The van der Waals surface area contributed by atoms with Gasteiger partial charge in [-0.3, -0.25) is 4.79 Å². The summed E-state index contributed by atoms with van der Waals surface area (Å²) in [5, 5.41) is 31.6. The van der Waals surface area contributed by atoms with Gasteiger partial charge in [-0.25, -0.2) is 4.79 Å². The maximum Gasteiger partial charge on any atom is 0.347 e. The lowest BCUT2D eigenvalue weighted by Crippen LogP contribution is -2.45. The molecule has 3 N–H and O–H groups in total. The van der Waals surface area contributed by atoms with E-state index in [-0.39, 0.29) is 22.5 Å². The molecule has 0 spiro atoms. The molecule has 1 saturated heterocycles. The minimum Gasteiger partial charge on any atom is -0.507 e. The zero-order valence-corrected chi connectivity index (χ0v) is 23.3. The largest absolute Gasteiger partial charge is 0.507 e. The third-order valence-corrected chi connectivity index (χ3v) is 7.13. The number of benzene rings is 2. The second-order valence-electron chi connectivity index (χ2n) is 12.7. The van der Waals surface area contributed by atoms with Crippen molar-refractivity contribution >= 4 is 11.9 Å². The first-order chi connectivity index (χ1) is 16.8. The molecule has 1 aliphatic rings. The third-order valence-electron chi connectivity index (χ3n) is 7.13. The van der Waals surface area contributed by atoms with Crippen LogP contribution < -0.4 is 4.74 Å². The second-order valence-corrected chi connectivity index (χ2v) is 12.7. The maximum absolute atomic E-state index is 13.5. The predicted octanol–water partition coefficient (Wildman–Crippen LogP) is 5.35. The van der Waals surface area contributed by atoms with Crippen LogP contribution in [0.3, 0.4) is 0 Å². The summed E-state index contributed by atoms with van der Waals surface area (Å²) in [4.78, 5) is 26.6. The first-order valence-electron chi connectivity index (χ1n) is 12.8. The molecular formula is C30H41NO6. The number of piperidine rings is 1. The number of phenolic OH excluding ortho intramolecular Hbond substituents is 1. The number of aliphatic carboxylic acids is 1. The van der Waals surface area contributed by atoms with Gasteiger partial charge in [-0.1, -0.05) is 53.7 Å². The number of ether oxygens (including phenoxy) is 1. The lowest BCUT2D eigenvalue weighted by Gasteiger charge is -2.39. The number of likely N-dealkylation sites (tertiary alicyclic amines) is 1. The normalized spacial score (nSPS) is 16.4. The minimum atomic E-state index is -1.36. The molecule has 0 aliphatic carbocycles. The number of carboxylic acids is 1. The van der Waals surface area contributed by atoms with Crippen molar-refractivity contribution in [2.75, 3.05) is 13.1 Å². The van der Waals surface area contributed by atoms with Crippen LogP contribution in [0.5, 0.6) is 11.5 Å². The zero-order valence-electron chi connectivity index (χ0n) is 23.3. The van der Waals surface area contributed by atoms with Gasteiger partial charge in [-0.2, -0.15) is 0 Å². The third kappa shape index (κ3) is 6.09. The Kier molecular flexibility index (Phi) is 7.45. The van der Waals surface area contributed by atoms with Gasteiger partial charge in [-0.05, 0) is 67.3 Å². The number of phenols is 1. The number of carboxylic acid groups (broad SMARTS) is 1. The van der Waals surface area contributed by atoms with Crippen LogP contribution in [-0.4, -0.2) is 50.8 Å². The summed E-state index contributed by atoms with van der Waals surface area (Å²) in [6.45, 7) is 15.8. The molecule has 0 radical (unpaired) electrons. The lowest BCUT2D eigenvalue weighted by atomic mass is 9.78. The highest BCUT2D eigenvalue weighted by Crippen LogP contribution is 2.41. The number of rotatable bonds is 5. The molecule has 1 fully saturated rings. The summed E-state index contributed by atoms with van der Waals surface area (Å²) >= 11 is 0. The van der Waals surface area contributed by atoms with Gasteiger partial charge in [0.2, 0.25) is 0 Å². The van der Waals surface area contributed by atoms with Gasteiger partial charge in [0, 0.05) is 29.8 Å². The summed E-state index contributed by atoms with van der Waals surface area (Å²) < 4.78 is 5.56. The van der Waals surface area contributed by atoms with Gasteiger partial charge < -0.3 is 25.0 Å². The van der Waals surface area contributed by atoms with Crippen LogP contribution in [0, 0.1) is 0 Å². The van der Waals surface area contributed by atoms with E-state index in [0.29, 0.717) is 42.8 Å². The monoisotopic (exact) mass is 511 g/mol. The molecule has 1 amide bonds. The van der Waals surface area contributed by atoms with Gasteiger partial charge >= 0.3 is 5.97 Å². The van der Waals surface area contributed by atoms with Crippen molar-refractivity contribution < 1.29 is 29.6 Å². The number of hydrogen-bond acceptors (Lipinski definition) is 5. The van der Waals surface area contributed by atoms with Gasteiger partial charge in [-0.15, -0.1) is 0 Å². The van der Waals surface area contributed by atoms with Crippen LogP contribution in [0.15, 0.2) is 36.4 Å². The standard InChI is InChI=1S/C30H41NO6/c1-27(2,3)22-17-19(18-23(24(22)32)28(4,5)6)25(33)31-15-13-30(36,14-16-31)20-9-11-21(12-10-20)37-29(7,8)26(34)35/h9-12,17-18,32,36H,13-16H2,1-8H3,(H,34,35). The van der Waals surface area contributed by atoms with Gasteiger partial charge in [0.15, 0.2) is 5.60 Å². The van der Waals surface area contributed by atoms with Crippen molar-refractivity contribution in [1.82, 2.24) is 4.90 Å². The molecule has 37 heavy (non-hydrogen) atoms.